The van der Waals surface area contributed by atoms with Crippen molar-refractivity contribution in [2.75, 3.05) is 29.4 Å². The molecule has 9 heteroatoms. The van der Waals surface area contributed by atoms with Crippen LogP contribution in [0.15, 0.2) is 437 Å². The molecule has 4 aliphatic rings. The lowest BCUT2D eigenvalue weighted by molar-refractivity contribution is 0.590. The van der Waals surface area contributed by atoms with Gasteiger partial charge in [-0.05, 0) is 253 Å². The molecule has 19 aromatic carbocycles. The van der Waals surface area contributed by atoms with Crippen molar-refractivity contribution in [2.45, 2.75) is 78.6 Å². The molecule has 135 heavy (non-hydrogen) atoms. The minimum absolute atomic E-state index is 0.0292. The van der Waals surface area contributed by atoms with Crippen molar-refractivity contribution < 1.29 is 8.22 Å². The first-order valence-electron chi connectivity index (χ1n) is 49.9. The molecule has 4 aliphatic heterocycles. The summed E-state index contributed by atoms with van der Waals surface area (Å²) in [6.07, 6.45) is 0. The Bertz CT molecular complexity index is 8020. The van der Waals surface area contributed by atoms with Gasteiger partial charge in [0, 0.05) is 101 Å². The summed E-state index contributed by atoms with van der Waals surface area (Å²) in [4.78, 5) is 13.9. The van der Waals surface area contributed by atoms with Crippen LogP contribution in [0, 0.1) is 0 Å². The van der Waals surface area contributed by atoms with E-state index in [2.05, 4.69) is 489 Å². The van der Waals surface area contributed by atoms with Crippen LogP contribution >= 0.6 is 0 Å². The highest BCUT2D eigenvalue weighted by Crippen LogP contribution is 2.60. The van der Waals surface area contributed by atoms with Gasteiger partial charge in [-0.25, -0.2) is 0 Å². The lowest BCUT2D eigenvalue weighted by Gasteiger charge is -2.47. The van der Waals surface area contributed by atoms with Crippen LogP contribution in [0.1, 0.15) is 87.2 Å². The van der Waals surface area contributed by atoms with Crippen molar-refractivity contribution in [3.63, 3.8) is 0 Å². The van der Waals surface area contributed by atoms with Crippen LogP contribution in [0.25, 0.3) is 99.5 Å². The molecule has 6 heterocycles. The average molecular weight is 1740 g/mol. The molecular weight excluding hydrogens is 1640 g/mol. The maximum atomic E-state index is 12.2. The van der Waals surface area contributed by atoms with Crippen LogP contribution in [0.3, 0.4) is 0 Å². The second-order valence-corrected chi connectivity index (χ2v) is 39.1. The molecule has 8 nitrogen and oxygen atoms in total. The molecule has 646 valence electrons. The zero-order chi connectivity index (χ0) is 96.1. The first-order chi connectivity index (χ1) is 68.5. The van der Waals surface area contributed by atoms with Crippen molar-refractivity contribution in [3.8, 4) is 55.9 Å². The van der Waals surface area contributed by atoms with Gasteiger partial charge in [0.1, 0.15) is 0 Å². The van der Waals surface area contributed by atoms with Crippen molar-refractivity contribution in [1.29, 1.82) is 0 Å². The highest BCUT2D eigenvalue weighted by molar-refractivity contribution is 7.00. The largest absolute Gasteiger partial charge is 0.310 e. The van der Waals surface area contributed by atoms with Crippen molar-refractivity contribution >= 4 is 169 Å². The predicted molar refractivity (Wildman–Crippen MR) is 573 cm³/mol. The molecule has 0 radical (unpaired) electrons. The summed E-state index contributed by atoms with van der Waals surface area (Å²) < 4.78 is 75.4. The van der Waals surface area contributed by atoms with E-state index >= 15 is 0 Å². The molecule has 0 amide bonds. The highest BCUT2D eigenvalue weighted by Gasteiger charge is 2.48. The maximum absolute atomic E-state index is 12.2. The van der Waals surface area contributed by atoms with Crippen molar-refractivity contribution in [2.24, 2.45) is 0 Å². The molecule has 0 N–H and O–H groups in total. The van der Waals surface area contributed by atoms with Gasteiger partial charge in [0.25, 0.3) is 6.71 Å². The van der Waals surface area contributed by atoms with Gasteiger partial charge in [0.2, 0.25) is 0 Å². The third kappa shape index (κ3) is 13.0. The zero-order valence-electron chi connectivity index (χ0n) is 82.8. The summed E-state index contributed by atoms with van der Waals surface area (Å²) in [5.74, 6) is 0. The van der Waals surface area contributed by atoms with Gasteiger partial charge in [-0.2, -0.15) is 0 Å². The number of benzene rings is 19. The van der Waals surface area contributed by atoms with Gasteiger partial charge in [0.15, 0.2) is 0 Å². The van der Waals surface area contributed by atoms with E-state index in [0.717, 1.165) is 184 Å². The van der Waals surface area contributed by atoms with E-state index in [1.807, 2.05) is 12.1 Å². The SMILES string of the molecule is [2H]c1c([2H])c(-n2c3ccccc3c3cc(N4c5ccccc5N(c5ccccc5)c5ccccc54)ccc32)c([2H])c2c1B1c3c(cc(C(C)(C)C)cc3N(c3c(-c4ccccc4)cc(C(C)(C)C)cc3-c3ccccc3)c3c([2H])c(-n4c5ccccc5c5cc(N6c7ccccc7N(c7ccccc7)c7ccccc76)ccc54)c([2H])c([2H])c31)N2c1c(-c2ccccc2)cc(C(C)(C)C)cc1-c1ccccc1. The Morgan fingerprint density at radius 3 is 0.770 bits per heavy atom. The van der Waals surface area contributed by atoms with Gasteiger partial charge in [-0.15, -0.1) is 0 Å². The summed E-state index contributed by atoms with van der Waals surface area (Å²) in [6, 6.07) is 140. The third-order valence-electron chi connectivity index (χ3n) is 27.9. The quantitative estimate of drug-likeness (QED) is 0.113. The van der Waals surface area contributed by atoms with Crippen LogP contribution in [-0.2, 0) is 16.2 Å². The normalized spacial score (nSPS) is 13.9. The number of nitrogens with zero attached hydrogens (tertiary/aromatic N) is 8. The van der Waals surface area contributed by atoms with Crippen LogP contribution in [0.2, 0.25) is 0 Å². The monoisotopic (exact) mass is 1740 g/mol. The zero-order valence-corrected chi connectivity index (χ0v) is 76.8. The molecule has 21 aromatic rings. The molecule has 0 bridgehead atoms. The third-order valence-corrected chi connectivity index (χ3v) is 27.9. The fourth-order valence-electron chi connectivity index (χ4n) is 21.5. The fraction of sp³-hybridized carbons (Fsp3) is 0.0952. The summed E-state index contributed by atoms with van der Waals surface area (Å²) in [7, 11) is 0. The number of para-hydroxylation sites is 12. The van der Waals surface area contributed by atoms with E-state index < -0.39 is 23.0 Å². The van der Waals surface area contributed by atoms with Gasteiger partial charge in [-0.1, -0.05) is 317 Å². The minimum Gasteiger partial charge on any atom is -0.310 e. The van der Waals surface area contributed by atoms with E-state index in [0.29, 0.717) is 39.1 Å². The van der Waals surface area contributed by atoms with Gasteiger partial charge in [0.05, 0.1) is 87.2 Å². The van der Waals surface area contributed by atoms with Crippen molar-refractivity contribution in [1.82, 2.24) is 9.13 Å². The lowest BCUT2D eigenvalue weighted by Crippen LogP contribution is -2.61. The molecule has 0 saturated heterocycles. The molecule has 0 fully saturated rings. The Kier molecular flexibility index (Phi) is 17.2. The number of hydrogen-bond acceptors (Lipinski definition) is 6. The Labute approximate surface area is 798 Å². The minimum atomic E-state index is -1.21. The molecule has 25 rings (SSSR count). The number of anilines is 18. The predicted octanol–water partition coefficient (Wildman–Crippen LogP) is 33.0. The van der Waals surface area contributed by atoms with Crippen LogP contribution in [-0.4, -0.2) is 15.8 Å². The van der Waals surface area contributed by atoms with Crippen LogP contribution in [0.4, 0.5) is 102 Å². The van der Waals surface area contributed by atoms with Gasteiger partial charge < -0.3 is 38.5 Å². The number of hydrogen-bond donors (Lipinski definition) is 0. The summed E-state index contributed by atoms with van der Waals surface area (Å²) >= 11 is 0. The van der Waals surface area contributed by atoms with Gasteiger partial charge >= 0.3 is 0 Å². The van der Waals surface area contributed by atoms with Crippen LogP contribution in [0.5, 0.6) is 0 Å². The van der Waals surface area contributed by atoms with Gasteiger partial charge in [-0.3, -0.25) is 0 Å². The van der Waals surface area contributed by atoms with E-state index in [4.69, 9.17) is 0 Å². The topological polar surface area (TPSA) is 29.3 Å². The fourth-order valence-corrected chi connectivity index (χ4v) is 21.5. The molecule has 0 saturated carbocycles. The van der Waals surface area contributed by atoms with Crippen LogP contribution < -0.4 is 45.8 Å². The Hall–Kier alpha value is -16.4. The second-order valence-electron chi connectivity index (χ2n) is 39.1. The molecule has 0 aliphatic carbocycles. The van der Waals surface area contributed by atoms with Crippen molar-refractivity contribution in [3.05, 3.63) is 453 Å². The summed E-state index contributed by atoms with van der Waals surface area (Å²) in [6.45, 7) is 19.1. The maximum Gasteiger partial charge on any atom is 0.252 e. The number of aromatic nitrogens is 2. The average Bonchev–Trinajstić information content (AvgIpc) is 1.11. The first kappa shape index (κ1) is 74.3. The summed E-state index contributed by atoms with van der Waals surface area (Å²) in [5, 5.41) is 3.53. The standard InChI is InChI=1S/C126H99BN8/c1-124(2,3)86-72-97(82-40-16-10-17-41-82)122(98(73-86)83-42-18-11-19-43-83)134-117-80-93(130-105-54-30-28-52-95(105)101-78-91(66-70-107(101)130)132-113-60-36-32-56-109(113)128(89-48-24-14-25-49-89)110-57-33-37-61-114(110)132)64-68-103(117)127-104-69-65-94(131-106-55-31-29-53-96(106)102-79-92(67-71-108(102)131)133-115-62-38-34-58-111(115)129(90-50-26-15-27-51-90)112-59-35-39-63-116(112)133)81-118(104)135(120-77-88(126(7,8)9)76-119(134)121(120)127)123-99(84-44-20-12-21-45-84)74-87(125(4,5)6)75-100(123)85-46-22-13-23-47-85/h10-81H,1-9H3/i64D,65D,68D,69D,80D,81D. The Morgan fingerprint density at radius 2 is 0.467 bits per heavy atom. The molecule has 0 spiro atoms. The Balaban J connectivity index is 0.814. The highest BCUT2D eigenvalue weighted by atomic mass is 15.3. The molecular formula is C126H99BN8. The second kappa shape index (κ2) is 31.2. The van der Waals surface area contributed by atoms with E-state index in [1.165, 1.54) is 0 Å². The Morgan fingerprint density at radius 1 is 0.207 bits per heavy atom. The molecule has 0 atom stereocenters. The smallest absolute Gasteiger partial charge is 0.252 e. The number of rotatable bonds is 12. The summed E-state index contributed by atoms with van der Waals surface area (Å²) in [5.41, 5.74) is 28.8. The molecule has 2 aromatic heterocycles. The molecule has 0 unspecified atom stereocenters. The number of fused-ring (bicyclic) bond motifs is 14. The van der Waals surface area contributed by atoms with E-state index in [1.54, 1.807) is 0 Å². The first-order valence-corrected chi connectivity index (χ1v) is 46.9. The van der Waals surface area contributed by atoms with E-state index in [9.17, 15) is 8.22 Å². The lowest BCUT2D eigenvalue weighted by atomic mass is 9.33. The van der Waals surface area contributed by atoms with E-state index in [-0.39, 0.29) is 47.6 Å².